The standard InChI is InChI=1S/C11H13BrN2O5S/c1-11(15)4-5-13(7-11)20(18,19)10-6-8(12)2-3-9(10)14(16)17/h2-3,6,15H,4-5,7H2,1H3. The first-order valence-electron chi connectivity index (χ1n) is 5.80. The Balaban J connectivity index is 2.50. The summed E-state index contributed by atoms with van der Waals surface area (Å²) in [5.74, 6) is 0. The summed E-state index contributed by atoms with van der Waals surface area (Å²) in [5, 5.41) is 20.8. The second kappa shape index (κ2) is 5.06. The van der Waals surface area contributed by atoms with Gasteiger partial charge in [0, 0.05) is 23.6 Å². The van der Waals surface area contributed by atoms with Crippen molar-refractivity contribution in [3.63, 3.8) is 0 Å². The summed E-state index contributed by atoms with van der Waals surface area (Å²) in [4.78, 5) is 9.89. The summed E-state index contributed by atoms with van der Waals surface area (Å²) in [7, 11) is -4.01. The molecule has 0 saturated carbocycles. The minimum absolute atomic E-state index is 0.0704. The molecule has 0 aliphatic carbocycles. The van der Waals surface area contributed by atoms with E-state index in [0.717, 1.165) is 10.4 Å². The molecule has 0 radical (unpaired) electrons. The van der Waals surface area contributed by atoms with Crippen molar-refractivity contribution in [3.8, 4) is 0 Å². The topological polar surface area (TPSA) is 101 Å². The van der Waals surface area contributed by atoms with Crippen molar-refractivity contribution < 1.29 is 18.4 Å². The van der Waals surface area contributed by atoms with E-state index in [-0.39, 0.29) is 18.0 Å². The molecule has 1 fully saturated rings. The van der Waals surface area contributed by atoms with Gasteiger partial charge in [-0.15, -0.1) is 0 Å². The van der Waals surface area contributed by atoms with Crippen LogP contribution in [0.5, 0.6) is 0 Å². The molecule has 1 aromatic rings. The van der Waals surface area contributed by atoms with E-state index in [1.54, 1.807) is 0 Å². The SMILES string of the molecule is CC1(O)CCN(S(=O)(=O)c2cc(Br)ccc2[N+](=O)[O-])C1. The molecule has 7 nitrogen and oxygen atoms in total. The Morgan fingerprint density at radius 3 is 2.65 bits per heavy atom. The summed E-state index contributed by atoms with van der Waals surface area (Å²) in [6.07, 6.45) is 0.300. The quantitative estimate of drug-likeness (QED) is 0.646. The molecular formula is C11H13BrN2O5S. The number of halogens is 1. The molecule has 0 amide bonds. The van der Waals surface area contributed by atoms with Gasteiger partial charge in [-0.3, -0.25) is 10.1 Å². The molecule has 0 bridgehead atoms. The molecule has 1 atom stereocenters. The van der Waals surface area contributed by atoms with Crippen molar-refractivity contribution in [2.75, 3.05) is 13.1 Å². The van der Waals surface area contributed by atoms with Crippen molar-refractivity contribution in [2.24, 2.45) is 0 Å². The number of nitro groups is 1. The molecule has 1 aliphatic heterocycles. The zero-order chi connectivity index (χ0) is 15.1. The first-order chi connectivity index (χ1) is 9.13. The van der Waals surface area contributed by atoms with E-state index in [4.69, 9.17) is 0 Å². The first-order valence-corrected chi connectivity index (χ1v) is 8.03. The average Bonchev–Trinajstić information content (AvgIpc) is 2.70. The van der Waals surface area contributed by atoms with Gasteiger partial charge in [0.25, 0.3) is 5.69 Å². The van der Waals surface area contributed by atoms with E-state index in [1.165, 1.54) is 19.1 Å². The van der Waals surface area contributed by atoms with E-state index >= 15 is 0 Å². The van der Waals surface area contributed by atoms with Crippen molar-refractivity contribution in [2.45, 2.75) is 23.8 Å². The number of β-amino-alcohol motifs (C(OH)–C–C–N with tert-alkyl or cyclic N) is 1. The van der Waals surface area contributed by atoms with Gasteiger partial charge in [0.2, 0.25) is 10.0 Å². The highest BCUT2D eigenvalue weighted by atomic mass is 79.9. The lowest BCUT2D eigenvalue weighted by molar-refractivity contribution is -0.387. The summed E-state index contributed by atoms with van der Waals surface area (Å²) in [6, 6.07) is 3.77. The predicted molar refractivity (Wildman–Crippen MR) is 74.8 cm³/mol. The van der Waals surface area contributed by atoms with Crippen LogP contribution in [0.15, 0.2) is 27.6 Å². The van der Waals surface area contributed by atoms with Crippen LogP contribution < -0.4 is 0 Å². The fraction of sp³-hybridized carbons (Fsp3) is 0.455. The van der Waals surface area contributed by atoms with Crippen LogP contribution in [0.4, 0.5) is 5.69 Å². The Morgan fingerprint density at radius 2 is 2.15 bits per heavy atom. The van der Waals surface area contributed by atoms with Crippen molar-refractivity contribution in [1.82, 2.24) is 4.31 Å². The zero-order valence-electron chi connectivity index (χ0n) is 10.6. The number of aliphatic hydroxyl groups is 1. The van der Waals surface area contributed by atoms with Gasteiger partial charge in [-0.05, 0) is 25.5 Å². The van der Waals surface area contributed by atoms with Gasteiger partial charge in [0.05, 0.1) is 10.5 Å². The fourth-order valence-electron chi connectivity index (χ4n) is 2.09. The molecule has 1 N–H and O–H groups in total. The van der Waals surface area contributed by atoms with Gasteiger partial charge in [0.15, 0.2) is 4.90 Å². The summed E-state index contributed by atoms with van der Waals surface area (Å²) >= 11 is 3.11. The van der Waals surface area contributed by atoms with Gasteiger partial charge in [-0.25, -0.2) is 8.42 Å². The molecule has 0 aromatic heterocycles. The monoisotopic (exact) mass is 364 g/mol. The lowest BCUT2D eigenvalue weighted by atomic mass is 10.1. The third kappa shape index (κ3) is 2.85. The second-order valence-electron chi connectivity index (χ2n) is 4.95. The van der Waals surface area contributed by atoms with Crippen LogP contribution in [0.1, 0.15) is 13.3 Å². The highest BCUT2D eigenvalue weighted by Crippen LogP contribution is 2.33. The highest BCUT2D eigenvalue weighted by molar-refractivity contribution is 9.10. The van der Waals surface area contributed by atoms with Gasteiger partial charge < -0.3 is 5.11 Å². The first kappa shape index (κ1) is 15.4. The summed E-state index contributed by atoms with van der Waals surface area (Å²) in [6.45, 7) is 1.61. The molecular weight excluding hydrogens is 352 g/mol. The Morgan fingerprint density at radius 1 is 1.50 bits per heavy atom. The minimum atomic E-state index is -4.01. The van der Waals surface area contributed by atoms with Gasteiger partial charge in [-0.2, -0.15) is 4.31 Å². The second-order valence-corrected chi connectivity index (χ2v) is 7.78. The van der Waals surface area contributed by atoms with Gasteiger partial charge in [0.1, 0.15) is 0 Å². The van der Waals surface area contributed by atoms with E-state index in [0.29, 0.717) is 10.9 Å². The Hall–Kier alpha value is -1.03. The molecule has 1 saturated heterocycles. The lowest BCUT2D eigenvalue weighted by Gasteiger charge is -2.19. The Bertz CT molecular complexity index is 659. The number of sulfonamides is 1. The van der Waals surface area contributed by atoms with Crippen LogP contribution in [-0.2, 0) is 10.0 Å². The van der Waals surface area contributed by atoms with Crippen molar-refractivity contribution in [3.05, 3.63) is 32.8 Å². The van der Waals surface area contributed by atoms with Crippen LogP contribution in [0, 0.1) is 10.1 Å². The van der Waals surface area contributed by atoms with Gasteiger partial charge >= 0.3 is 0 Å². The third-order valence-electron chi connectivity index (χ3n) is 3.15. The normalized spacial score (nSPS) is 23.9. The number of nitrogens with zero attached hydrogens (tertiary/aromatic N) is 2. The van der Waals surface area contributed by atoms with E-state index < -0.39 is 26.2 Å². The lowest BCUT2D eigenvalue weighted by Crippen LogP contribution is -2.34. The number of rotatable bonds is 3. The van der Waals surface area contributed by atoms with Crippen LogP contribution >= 0.6 is 15.9 Å². The van der Waals surface area contributed by atoms with Crippen LogP contribution in [0.25, 0.3) is 0 Å². The van der Waals surface area contributed by atoms with E-state index in [1.807, 2.05) is 0 Å². The fourth-order valence-corrected chi connectivity index (χ4v) is 4.35. The molecule has 110 valence electrons. The molecule has 2 rings (SSSR count). The Labute approximate surface area is 124 Å². The number of hydrogen-bond donors (Lipinski definition) is 1. The zero-order valence-corrected chi connectivity index (χ0v) is 13.0. The molecule has 9 heteroatoms. The molecule has 0 spiro atoms. The smallest absolute Gasteiger partial charge is 0.289 e. The molecule has 1 unspecified atom stereocenters. The highest BCUT2D eigenvalue weighted by Gasteiger charge is 2.40. The average molecular weight is 365 g/mol. The largest absolute Gasteiger partial charge is 0.389 e. The minimum Gasteiger partial charge on any atom is -0.389 e. The maximum absolute atomic E-state index is 12.5. The number of benzene rings is 1. The van der Waals surface area contributed by atoms with Crippen LogP contribution in [0.2, 0.25) is 0 Å². The predicted octanol–water partition coefficient (Wildman–Crippen LogP) is 1.50. The molecule has 20 heavy (non-hydrogen) atoms. The third-order valence-corrected chi connectivity index (χ3v) is 5.52. The Kier molecular flexibility index (Phi) is 3.89. The number of nitro benzene ring substituents is 1. The molecule has 1 aliphatic rings. The van der Waals surface area contributed by atoms with Crippen molar-refractivity contribution >= 4 is 31.6 Å². The van der Waals surface area contributed by atoms with Crippen LogP contribution in [-0.4, -0.2) is 41.4 Å². The summed E-state index contributed by atoms with van der Waals surface area (Å²) < 4.78 is 26.5. The van der Waals surface area contributed by atoms with E-state index in [9.17, 15) is 23.6 Å². The molecule has 1 heterocycles. The van der Waals surface area contributed by atoms with Crippen LogP contribution in [0.3, 0.4) is 0 Å². The van der Waals surface area contributed by atoms with E-state index in [2.05, 4.69) is 15.9 Å². The van der Waals surface area contributed by atoms with Crippen molar-refractivity contribution in [1.29, 1.82) is 0 Å². The van der Waals surface area contributed by atoms with Gasteiger partial charge in [-0.1, -0.05) is 15.9 Å². The number of hydrogen-bond acceptors (Lipinski definition) is 5. The maximum Gasteiger partial charge on any atom is 0.289 e. The maximum atomic E-state index is 12.5. The molecule has 1 aromatic carbocycles. The summed E-state index contributed by atoms with van der Waals surface area (Å²) in [5.41, 5.74) is -1.58.